The zero-order valence-corrected chi connectivity index (χ0v) is 8.40. The van der Waals surface area contributed by atoms with E-state index in [2.05, 4.69) is 0 Å². The van der Waals surface area contributed by atoms with Crippen LogP contribution in [-0.2, 0) is 10.1 Å². The SMILES string of the molecule is O=S(=O)(O)c1cccc2ccc(O)cc12. The Bertz CT molecular complexity index is 616. The van der Waals surface area contributed by atoms with Gasteiger partial charge in [0.25, 0.3) is 10.1 Å². The highest BCUT2D eigenvalue weighted by Gasteiger charge is 2.13. The minimum absolute atomic E-state index is 0.0430. The smallest absolute Gasteiger partial charge is 0.295 e. The average molecular weight is 224 g/mol. The van der Waals surface area contributed by atoms with Crippen molar-refractivity contribution in [1.29, 1.82) is 0 Å². The van der Waals surface area contributed by atoms with Gasteiger partial charge in [-0.25, -0.2) is 0 Å². The summed E-state index contributed by atoms with van der Waals surface area (Å²) < 4.78 is 31.0. The van der Waals surface area contributed by atoms with Crippen LogP contribution in [0.4, 0.5) is 0 Å². The standard InChI is InChI=1S/C10H8O4S/c11-8-5-4-7-2-1-3-10(9(7)6-8)15(12,13)14/h1-6,11H,(H,12,13,14). The lowest BCUT2D eigenvalue weighted by molar-refractivity contribution is 0.476. The summed E-state index contributed by atoms with van der Waals surface area (Å²) in [6.07, 6.45) is 0. The largest absolute Gasteiger partial charge is 0.508 e. The molecular formula is C10H8O4S. The highest BCUT2D eigenvalue weighted by Crippen LogP contribution is 2.26. The van der Waals surface area contributed by atoms with Crippen molar-refractivity contribution >= 4 is 20.9 Å². The van der Waals surface area contributed by atoms with Gasteiger partial charge in [-0.1, -0.05) is 18.2 Å². The van der Waals surface area contributed by atoms with Gasteiger partial charge in [-0.3, -0.25) is 4.55 Å². The molecule has 0 fully saturated rings. The van der Waals surface area contributed by atoms with Gasteiger partial charge in [0.1, 0.15) is 10.6 Å². The highest BCUT2D eigenvalue weighted by atomic mass is 32.2. The van der Waals surface area contributed by atoms with E-state index in [1.165, 1.54) is 24.3 Å². The van der Waals surface area contributed by atoms with Gasteiger partial charge in [0.15, 0.2) is 0 Å². The van der Waals surface area contributed by atoms with Crippen LogP contribution in [0.15, 0.2) is 41.3 Å². The van der Waals surface area contributed by atoms with Gasteiger partial charge < -0.3 is 5.11 Å². The molecule has 0 aromatic heterocycles. The van der Waals surface area contributed by atoms with Crippen LogP contribution in [0.2, 0.25) is 0 Å². The van der Waals surface area contributed by atoms with Gasteiger partial charge >= 0.3 is 0 Å². The van der Waals surface area contributed by atoms with Gasteiger partial charge in [-0.05, 0) is 23.6 Å². The molecule has 0 spiro atoms. The van der Waals surface area contributed by atoms with Gasteiger partial charge in [0, 0.05) is 5.39 Å². The van der Waals surface area contributed by atoms with E-state index in [1.807, 2.05) is 0 Å². The van der Waals surface area contributed by atoms with E-state index in [-0.39, 0.29) is 10.6 Å². The molecule has 0 aliphatic heterocycles. The predicted molar refractivity (Wildman–Crippen MR) is 55.4 cm³/mol. The van der Waals surface area contributed by atoms with E-state index >= 15 is 0 Å². The molecule has 0 unspecified atom stereocenters. The summed E-state index contributed by atoms with van der Waals surface area (Å²) in [5.41, 5.74) is 0. The molecule has 0 atom stereocenters. The highest BCUT2D eigenvalue weighted by molar-refractivity contribution is 7.86. The van der Waals surface area contributed by atoms with Crippen LogP contribution in [0.5, 0.6) is 5.75 Å². The van der Waals surface area contributed by atoms with Crippen LogP contribution in [0.3, 0.4) is 0 Å². The van der Waals surface area contributed by atoms with Crippen molar-refractivity contribution in [3.63, 3.8) is 0 Å². The molecule has 0 aliphatic carbocycles. The second kappa shape index (κ2) is 3.22. The fourth-order valence-corrected chi connectivity index (χ4v) is 2.16. The number of phenolic OH excluding ortho intramolecular Hbond substituents is 1. The van der Waals surface area contributed by atoms with Gasteiger partial charge in [-0.15, -0.1) is 0 Å². The third-order valence-corrected chi connectivity index (χ3v) is 3.02. The van der Waals surface area contributed by atoms with Crippen LogP contribution < -0.4 is 0 Å². The number of aromatic hydroxyl groups is 1. The fourth-order valence-electron chi connectivity index (χ4n) is 1.46. The van der Waals surface area contributed by atoms with Gasteiger partial charge in [-0.2, -0.15) is 8.42 Å². The summed E-state index contributed by atoms with van der Waals surface area (Å²) in [7, 11) is -4.26. The van der Waals surface area contributed by atoms with E-state index in [0.29, 0.717) is 10.8 Å². The molecule has 78 valence electrons. The van der Waals surface area contributed by atoms with Gasteiger partial charge in [0.05, 0.1) is 0 Å². The summed E-state index contributed by atoms with van der Waals surface area (Å²) in [4.78, 5) is -0.198. The van der Waals surface area contributed by atoms with E-state index in [9.17, 15) is 13.5 Å². The lowest BCUT2D eigenvalue weighted by Crippen LogP contribution is -1.98. The Morgan fingerprint density at radius 2 is 1.80 bits per heavy atom. The average Bonchev–Trinajstić information content (AvgIpc) is 2.15. The molecule has 15 heavy (non-hydrogen) atoms. The monoisotopic (exact) mass is 224 g/mol. The number of benzene rings is 2. The Morgan fingerprint density at radius 3 is 2.47 bits per heavy atom. The quantitative estimate of drug-likeness (QED) is 0.724. The molecule has 2 aromatic rings. The molecule has 4 nitrogen and oxygen atoms in total. The second-order valence-electron chi connectivity index (χ2n) is 3.14. The minimum atomic E-state index is -4.26. The first-order valence-corrected chi connectivity index (χ1v) is 5.62. The number of hydrogen-bond donors (Lipinski definition) is 2. The molecule has 0 radical (unpaired) electrons. The number of phenols is 1. The van der Waals surface area contributed by atoms with Crippen LogP contribution in [0, 0.1) is 0 Å². The maximum Gasteiger partial charge on any atom is 0.295 e. The van der Waals surface area contributed by atoms with Crippen LogP contribution >= 0.6 is 0 Å². The molecule has 0 amide bonds. The fraction of sp³-hybridized carbons (Fsp3) is 0. The van der Waals surface area contributed by atoms with Crippen molar-refractivity contribution in [3.8, 4) is 5.75 Å². The molecule has 0 aliphatic rings. The van der Waals surface area contributed by atoms with Crippen LogP contribution in [0.1, 0.15) is 0 Å². The number of fused-ring (bicyclic) bond motifs is 1. The minimum Gasteiger partial charge on any atom is -0.508 e. The molecule has 0 saturated heterocycles. The van der Waals surface area contributed by atoms with Crippen LogP contribution in [0.25, 0.3) is 10.8 Å². The molecule has 0 bridgehead atoms. The molecule has 5 heteroatoms. The summed E-state index contributed by atoms with van der Waals surface area (Å²) in [5, 5.41) is 10.2. The van der Waals surface area contributed by atoms with E-state index in [1.54, 1.807) is 12.1 Å². The second-order valence-corrected chi connectivity index (χ2v) is 4.53. The molecule has 2 N–H and O–H groups in total. The predicted octanol–water partition coefficient (Wildman–Crippen LogP) is 1.79. The Hall–Kier alpha value is -1.59. The zero-order chi connectivity index (χ0) is 11.1. The van der Waals surface area contributed by atoms with Crippen molar-refractivity contribution in [3.05, 3.63) is 36.4 Å². The Labute approximate surface area is 86.5 Å². The Morgan fingerprint density at radius 1 is 1.07 bits per heavy atom. The third-order valence-electron chi connectivity index (χ3n) is 2.10. The topological polar surface area (TPSA) is 74.6 Å². The lowest BCUT2D eigenvalue weighted by atomic mass is 10.1. The van der Waals surface area contributed by atoms with Crippen molar-refractivity contribution in [1.82, 2.24) is 0 Å². The first-order valence-electron chi connectivity index (χ1n) is 4.18. The summed E-state index contributed by atoms with van der Waals surface area (Å²) in [6.45, 7) is 0. The summed E-state index contributed by atoms with van der Waals surface area (Å²) in [5.74, 6) is -0.0430. The first-order chi connectivity index (χ1) is 6.98. The normalized spacial score (nSPS) is 11.8. The Kier molecular flexibility index (Phi) is 2.13. The van der Waals surface area contributed by atoms with Crippen molar-refractivity contribution in [2.75, 3.05) is 0 Å². The maximum absolute atomic E-state index is 11.0. The molecule has 2 aromatic carbocycles. The van der Waals surface area contributed by atoms with Gasteiger partial charge in [0.2, 0.25) is 0 Å². The molecule has 0 saturated carbocycles. The number of hydrogen-bond acceptors (Lipinski definition) is 3. The van der Waals surface area contributed by atoms with Crippen molar-refractivity contribution in [2.24, 2.45) is 0 Å². The molecular weight excluding hydrogens is 216 g/mol. The van der Waals surface area contributed by atoms with E-state index in [4.69, 9.17) is 4.55 Å². The number of rotatable bonds is 1. The first kappa shape index (κ1) is 9.95. The molecule has 0 heterocycles. The van der Waals surface area contributed by atoms with Crippen LogP contribution in [-0.4, -0.2) is 18.1 Å². The van der Waals surface area contributed by atoms with Crippen molar-refractivity contribution in [2.45, 2.75) is 4.90 Å². The lowest BCUT2D eigenvalue weighted by Gasteiger charge is -2.03. The zero-order valence-electron chi connectivity index (χ0n) is 7.58. The Balaban J connectivity index is 2.92. The summed E-state index contributed by atoms with van der Waals surface area (Å²) in [6, 6.07) is 8.86. The van der Waals surface area contributed by atoms with E-state index in [0.717, 1.165) is 0 Å². The molecule has 2 rings (SSSR count). The summed E-state index contributed by atoms with van der Waals surface area (Å²) >= 11 is 0. The van der Waals surface area contributed by atoms with E-state index < -0.39 is 10.1 Å². The maximum atomic E-state index is 11.0. The van der Waals surface area contributed by atoms with Crippen molar-refractivity contribution < 1.29 is 18.1 Å². The third kappa shape index (κ3) is 1.79.